The van der Waals surface area contributed by atoms with E-state index in [0.717, 1.165) is 22.9 Å². The molecule has 10 heteroatoms. The van der Waals surface area contributed by atoms with Crippen molar-refractivity contribution in [2.45, 2.75) is 25.3 Å². The highest BCUT2D eigenvalue weighted by molar-refractivity contribution is 6.31. The minimum atomic E-state index is -0.646. The van der Waals surface area contributed by atoms with Crippen LogP contribution in [0.1, 0.15) is 18.4 Å². The Balaban J connectivity index is 1.36. The fourth-order valence-corrected chi connectivity index (χ4v) is 4.62. The molecule has 0 saturated carbocycles. The number of hydrogen-bond acceptors (Lipinski definition) is 6. The van der Waals surface area contributed by atoms with Crippen molar-refractivity contribution in [3.05, 3.63) is 71.4 Å². The van der Waals surface area contributed by atoms with Gasteiger partial charge in [-0.2, -0.15) is 0 Å². The van der Waals surface area contributed by atoms with Crippen LogP contribution in [-0.2, 0) is 20.7 Å². The lowest BCUT2D eigenvalue weighted by Gasteiger charge is -2.32. The smallest absolute Gasteiger partial charge is 0.412 e. The van der Waals surface area contributed by atoms with Gasteiger partial charge in [-0.15, -0.1) is 0 Å². The summed E-state index contributed by atoms with van der Waals surface area (Å²) < 4.78 is 5.53. The average Bonchev–Trinajstić information content (AvgIpc) is 2.92. The van der Waals surface area contributed by atoms with Crippen molar-refractivity contribution in [1.82, 2.24) is 20.1 Å². The molecule has 2 heterocycles. The molecule has 2 aromatic carbocycles. The molecular formula is C28H32ClN5O4. The number of anilines is 1. The zero-order valence-corrected chi connectivity index (χ0v) is 22.1. The van der Waals surface area contributed by atoms with E-state index in [1.165, 1.54) is 0 Å². The molecule has 38 heavy (non-hydrogen) atoms. The Morgan fingerprint density at radius 1 is 1.18 bits per heavy atom. The number of rotatable bonds is 10. The second-order valence-corrected chi connectivity index (χ2v) is 9.71. The first-order valence-electron chi connectivity index (χ1n) is 12.7. The number of nitrogens with zero attached hydrogens (tertiary/aromatic N) is 3. The topological polar surface area (TPSA) is 104 Å². The van der Waals surface area contributed by atoms with Crippen molar-refractivity contribution in [3.8, 4) is 0 Å². The van der Waals surface area contributed by atoms with E-state index in [2.05, 4.69) is 15.6 Å². The van der Waals surface area contributed by atoms with E-state index < -0.39 is 6.09 Å². The molecule has 4 rings (SSSR count). The Hall–Kier alpha value is -3.69. The summed E-state index contributed by atoms with van der Waals surface area (Å²) in [5.74, 6) is 0.288. The van der Waals surface area contributed by atoms with Crippen LogP contribution in [-0.4, -0.2) is 78.6 Å². The largest absolute Gasteiger partial charge is 0.447 e. The Bertz CT molecular complexity index is 1290. The molecule has 1 fully saturated rings. The first kappa shape index (κ1) is 27.3. The molecule has 1 saturated heterocycles. The molecular weight excluding hydrogens is 506 g/mol. The van der Waals surface area contributed by atoms with Gasteiger partial charge < -0.3 is 15.0 Å². The van der Waals surface area contributed by atoms with Crippen LogP contribution in [0.3, 0.4) is 0 Å². The second kappa shape index (κ2) is 13.2. The number of likely N-dealkylation sites (N-methyl/N-ethyl adjacent to an activating group) is 1. The molecule has 3 amide bonds. The molecule has 0 bridgehead atoms. The number of nitrogens with one attached hydrogen (secondary N) is 2. The van der Waals surface area contributed by atoms with Gasteiger partial charge in [-0.25, -0.2) is 9.78 Å². The molecule has 0 unspecified atom stereocenters. The summed E-state index contributed by atoms with van der Waals surface area (Å²) in [6.07, 6.45) is 2.37. The van der Waals surface area contributed by atoms with Gasteiger partial charge in [0.05, 0.1) is 12.6 Å². The number of amides is 3. The van der Waals surface area contributed by atoms with Crippen LogP contribution in [0.4, 0.5) is 10.6 Å². The maximum Gasteiger partial charge on any atom is 0.412 e. The molecule has 0 aliphatic carbocycles. The number of aryl methyl sites for hydroxylation is 1. The molecule has 0 spiro atoms. The number of carbonyl (C=O) groups excluding carboxylic acids is 3. The number of hydrogen-bond donors (Lipinski definition) is 2. The van der Waals surface area contributed by atoms with Gasteiger partial charge in [0.1, 0.15) is 12.4 Å². The van der Waals surface area contributed by atoms with Crippen LogP contribution < -0.4 is 10.6 Å². The van der Waals surface area contributed by atoms with Crippen molar-refractivity contribution in [2.75, 3.05) is 45.2 Å². The van der Waals surface area contributed by atoms with Crippen LogP contribution in [0.2, 0.25) is 5.02 Å². The van der Waals surface area contributed by atoms with Crippen LogP contribution in [0, 0.1) is 0 Å². The van der Waals surface area contributed by atoms with E-state index in [-0.39, 0.29) is 30.9 Å². The van der Waals surface area contributed by atoms with Crippen LogP contribution in [0.15, 0.2) is 60.8 Å². The van der Waals surface area contributed by atoms with E-state index in [9.17, 15) is 14.4 Å². The first-order chi connectivity index (χ1) is 18.4. The Labute approximate surface area is 227 Å². The van der Waals surface area contributed by atoms with E-state index in [1.807, 2.05) is 47.4 Å². The van der Waals surface area contributed by atoms with Crippen molar-refractivity contribution in [1.29, 1.82) is 0 Å². The number of piperazine rings is 1. The number of aromatic nitrogens is 1. The highest BCUT2D eigenvalue weighted by Gasteiger charge is 2.24. The van der Waals surface area contributed by atoms with E-state index in [4.69, 9.17) is 16.3 Å². The molecule has 3 aromatic rings. The fraction of sp³-hybridized carbons (Fsp3) is 0.357. The van der Waals surface area contributed by atoms with Gasteiger partial charge in [-0.05, 0) is 35.9 Å². The fourth-order valence-electron chi connectivity index (χ4n) is 4.39. The minimum Gasteiger partial charge on any atom is -0.447 e. The Kier molecular flexibility index (Phi) is 9.51. The lowest BCUT2D eigenvalue weighted by Crippen LogP contribution is -2.49. The van der Waals surface area contributed by atoms with Crippen LogP contribution in [0.5, 0.6) is 0 Å². The standard InChI is InChI=1S/C28H32ClN5O4/c1-33(27(36)11-10-20-6-4-5-9-24(20)29)23(12-14-34-15-13-30-26(35)18-34)19-38-28(37)32-25-16-21-7-2-3-8-22(21)17-31-25/h2-9,16-17,23H,10-15,18-19H2,1H3,(H,30,35)(H,31,32,37)/t23-/m0/s1. The van der Waals surface area contributed by atoms with Gasteiger partial charge in [-0.3, -0.25) is 19.8 Å². The summed E-state index contributed by atoms with van der Waals surface area (Å²) in [5, 5.41) is 8.03. The van der Waals surface area contributed by atoms with E-state index >= 15 is 0 Å². The van der Waals surface area contributed by atoms with Gasteiger partial charge in [-0.1, -0.05) is 54.1 Å². The van der Waals surface area contributed by atoms with Crippen molar-refractivity contribution >= 4 is 46.1 Å². The first-order valence-corrected chi connectivity index (χ1v) is 13.0. The summed E-state index contributed by atoms with van der Waals surface area (Å²) in [6.45, 7) is 2.24. The summed E-state index contributed by atoms with van der Waals surface area (Å²) in [7, 11) is 1.72. The predicted octanol–water partition coefficient (Wildman–Crippen LogP) is 3.72. The van der Waals surface area contributed by atoms with E-state index in [0.29, 0.717) is 43.3 Å². The maximum absolute atomic E-state index is 13.1. The van der Waals surface area contributed by atoms with Crippen LogP contribution >= 0.6 is 11.6 Å². The van der Waals surface area contributed by atoms with Gasteiger partial charge in [0.25, 0.3) is 0 Å². The second-order valence-electron chi connectivity index (χ2n) is 9.30. The number of fused-ring (bicyclic) bond motifs is 1. The highest BCUT2D eigenvalue weighted by Crippen LogP contribution is 2.18. The molecule has 1 aliphatic rings. The summed E-state index contributed by atoms with van der Waals surface area (Å²) in [6, 6.07) is 16.6. The number of carbonyl (C=O) groups is 3. The third kappa shape index (κ3) is 7.66. The van der Waals surface area contributed by atoms with E-state index in [1.54, 1.807) is 30.3 Å². The quantitative estimate of drug-likeness (QED) is 0.408. The maximum atomic E-state index is 13.1. The molecule has 0 radical (unpaired) electrons. The van der Waals surface area contributed by atoms with Gasteiger partial charge in [0.15, 0.2) is 0 Å². The van der Waals surface area contributed by atoms with Gasteiger partial charge in [0.2, 0.25) is 11.8 Å². The minimum absolute atomic E-state index is 0.00772. The molecule has 1 aromatic heterocycles. The molecule has 9 nitrogen and oxygen atoms in total. The lowest BCUT2D eigenvalue weighted by atomic mass is 10.1. The zero-order valence-electron chi connectivity index (χ0n) is 21.4. The Morgan fingerprint density at radius 3 is 2.74 bits per heavy atom. The molecule has 200 valence electrons. The number of ether oxygens (including phenoxy) is 1. The number of benzene rings is 2. The third-order valence-corrected chi connectivity index (χ3v) is 7.04. The normalized spacial score (nSPS) is 14.5. The SMILES string of the molecule is CN(C(=O)CCc1ccccc1Cl)[C@@H](CCN1CCNC(=O)C1)COC(=O)Nc1cc2ccccc2cn1. The zero-order chi connectivity index (χ0) is 26.9. The highest BCUT2D eigenvalue weighted by atomic mass is 35.5. The van der Waals surface area contributed by atoms with Gasteiger partial charge >= 0.3 is 6.09 Å². The predicted molar refractivity (Wildman–Crippen MR) is 147 cm³/mol. The molecule has 1 aliphatic heterocycles. The van der Waals surface area contributed by atoms with Crippen LogP contribution in [0.25, 0.3) is 10.8 Å². The summed E-state index contributed by atoms with van der Waals surface area (Å²) >= 11 is 6.25. The lowest BCUT2D eigenvalue weighted by molar-refractivity contribution is -0.133. The summed E-state index contributed by atoms with van der Waals surface area (Å²) in [5.41, 5.74) is 0.908. The van der Waals surface area contributed by atoms with Crippen molar-refractivity contribution < 1.29 is 19.1 Å². The average molecular weight is 538 g/mol. The van der Waals surface area contributed by atoms with Crippen molar-refractivity contribution in [3.63, 3.8) is 0 Å². The monoisotopic (exact) mass is 537 g/mol. The molecule has 1 atom stereocenters. The van der Waals surface area contributed by atoms with Crippen molar-refractivity contribution in [2.24, 2.45) is 0 Å². The Morgan fingerprint density at radius 2 is 1.95 bits per heavy atom. The number of pyridine rings is 1. The number of halogens is 1. The third-order valence-electron chi connectivity index (χ3n) is 6.67. The van der Waals surface area contributed by atoms with Gasteiger partial charge in [0, 0.05) is 49.7 Å². The summed E-state index contributed by atoms with van der Waals surface area (Å²) in [4.78, 5) is 45.4. The molecule has 2 N–H and O–H groups in total.